The van der Waals surface area contributed by atoms with Gasteiger partial charge in [0, 0.05) is 0 Å². The molecule has 0 saturated heterocycles. The molecule has 17 heavy (non-hydrogen) atoms. The SMILES string of the molecule is CCC(C(=O)O)n1cnc2cc(C)c(C)cc21. The third kappa shape index (κ3) is 1.90. The molecule has 1 atom stereocenters. The summed E-state index contributed by atoms with van der Waals surface area (Å²) in [5, 5.41) is 9.18. The van der Waals surface area contributed by atoms with E-state index in [9.17, 15) is 9.90 Å². The Morgan fingerprint density at radius 2 is 2.06 bits per heavy atom. The van der Waals surface area contributed by atoms with E-state index in [1.54, 1.807) is 10.9 Å². The van der Waals surface area contributed by atoms with Crippen LogP contribution in [0.5, 0.6) is 0 Å². The summed E-state index contributed by atoms with van der Waals surface area (Å²) in [4.78, 5) is 15.4. The first-order valence-electron chi connectivity index (χ1n) is 5.71. The number of imidazole rings is 1. The molecule has 0 spiro atoms. The fraction of sp³-hybridized carbons (Fsp3) is 0.385. The van der Waals surface area contributed by atoms with E-state index in [0.717, 1.165) is 16.6 Å². The molecule has 1 N–H and O–H groups in total. The maximum absolute atomic E-state index is 11.2. The molecule has 0 saturated carbocycles. The minimum absolute atomic E-state index is 0.540. The van der Waals surface area contributed by atoms with Crippen molar-refractivity contribution in [1.29, 1.82) is 0 Å². The number of fused-ring (bicyclic) bond motifs is 1. The Bertz CT molecular complexity index is 572. The van der Waals surface area contributed by atoms with Crippen molar-refractivity contribution in [2.45, 2.75) is 33.2 Å². The lowest BCUT2D eigenvalue weighted by atomic mass is 10.1. The minimum Gasteiger partial charge on any atom is -0.480 e. The van der Waals surface area contributed by atoms with Crippen molar-refractivity contribution < 1.29 is 9.90 Å². The Balaban J connectivity index is 2.63. The van der Waals surface area contributed by atoms with Gasteiger partial charge in [0.1, 0.15) is 6.04 Å². The zero-order valence-corrected chi connectivity index (χ0v) is 10.3. The highest BCUT2D eigenvalue weighted by Gasteiger charge is 2.19. The quantitative estimate of drug-likeness (QED) is 0.885. The molecule has 0 amide bonds. The van der Waals surface area contributed by atoms with Crippen LogP contribution < -0.4 is 0 Å². The summed E-state index contributed by atoms with van der Waals surface area (Å²) in [6.45, 7) is 5.92. The molecule has 4 nitrogen and oxygen atoms in total. The van der Waals surface area contributed by atoms with Crippen LogP contribution in [0.25, 0.3) is 11.0 Å². The summed E-state index contributed by atoms with van der Waals surface area (Å²) in [7, 11) is 0. The maximum atomic E-state index is 11.2. The first-order chi connectivity index (χ1) is 8.04. The van der Waals surface area contributed by atoms with Crippen LogP contribution in [-0.2, 0) is 4.79 Å². The highest BCUT2D eigenvalue weighted by molar-refractivity contribution is 5.81. The molecule has 0 radical (unpaired) electrons. The van der Waals surface area contributed by atoms with Crippen LogP contribution in [0.2, 0.25) is 0 Å². The topological polar surface area (TPSA) is 55.1 Å². The van der Waals surface area contributed by atoms with E-state index in [2.05, 4.69) is 4.98 Å². The molecule has 90 valence electrons. The minimum atomic E-state index is -0.815. The van der Waals surface area contributed by atoms with Crippen LogP contribution in [0, 0.1) is 13.8 Å². The second-order valence-electron chi connectivity index (χ2n) is 4.34. The number of carboxylic acid groups (broad SMARTS) is 1. The summed E-state index contributed by atoms with van der Waals surface area (Å²) < 4.78 is 1.74. The van der Waals surface area contributed by atoms with Crippen LogP contribution in [0.15, 0.2) is 18.5 Å². The highest BCUT2D eigenvalue weighted by Crippen LogP contribution is 2.23. The van der Waals surface area contributed by atoms with Gasteiger partial charge >= 0.3 is 5.97 Å². The van der Waals surface area contributed by atoms with Crippen molar-refractivity contribution >= 4 is 17.0 Å². The summed E-state index contributed by atoms with van der Waals surface area (Å²) in [5.41, 5.74) is 4.07. The van der Waals surface area contributed by atoms with Crippen LogP contribution in [-0.4, -0.2) is 20.6 Å². The number of hydrogen-bond acceptors (Lipinski definition) is 2. The van der Waals surface area contributed by atoms with Crippen molar-refractivity contribution in [2.75, 3.05) is 0 Å². The maximum Gasteiger partial charge on any atom is 0.326 e. The van der Waals surface area contributed by atoms with E-state index < -0.39 is 12.0 Å². The average molecular weight is 232 g/mol. The lowest BCUT2D eigenvalue weighted by Crippen LogP contribution is -2.17. The van der Waals surface area contributed by atoms with E-state index in [4.69, 9.17) is 0 Å². The Morgan fingerprint density at radius 3 is 2.65 bits per heavy atom. The lowest BCUT2D eigenvalue weighted by Gasteiger charge is -2.13. The number of aryl methyl sites for hydroxylation is 2. The molecule has 4 heteroatoms. The van der Waals surface area contributed by atoms with E-state index in [1.807, 2.05) is 32.9 Å². The van der Waals surface area contributed by atoms with E-state index >= 15 is 0 Å². The molecular formula is C13H16N2O2. The smallest absolute Gasteiger partial charge is 0.326 e. The monoisotopic (exact) mass is 232 g/mol. The number of aliphatic carboxylic acids is 1. The Morgan fingerprint density at radius 1 is 1.41 bits per heavy atom. The van der Waals surface area contributed by atoms with Crippen molar-refractivity contribution in [2.24, 2.45) is 0 Å². The Kier molecular flexibility index (Phi) is 2.88. The van der Waals surface area contributed by atoms with Gasteiger partial charge in [0.15, 0.2) is 0 Å². The number of carbonyl (C=O) groups is 1. The second-order valence-corrected chi connectivity index (χ2v) is 4.34. The molecule has 0 fully saturated rings. The zero-order valence-electron chi connectivity index (χ0n) is 10.3. The molecule has 0 bridgehead atoms. The molecule has 2 aromatic rings. The van der Waals surface area contributed by atoms with E-state index in [0.29, 0.717) is 6.42 Å². The number of rotatable bonds is 3. The van der Waals surface area contributed by atoms with E-state index in [1.165, 1.54) is 5.56 Å². The summed E-state index contributed by atoms with van der Waals surface area (Å²) in [5.74, 6) is -0.815. The number of hydrogen-bond donors (Lipinski definition) is 1. The second kappa shape index (κ2) is 4.20. The molecular weight excluding hydrogens is 216 g/mol. The van der Waals surface area contributed by atoms with Gasteiger partial charge in [-0.25, -0.2) is 9.78 Å². The molecule has 2 rings (SSSR count). The Labute approximate surface area is 99.9 Å². The highest BCUT2D eigenvalue weighted by atomic mass is 16.4. The average Bonchev–Trinajstić information content (AvgIpc) is 2.63. The van der Waals surface area contributed by atoms with Crippen LogP contribution in [0.3, 0.4) is 0 Å². The van der Waals surface area contributed by atoms with Crippen molar-refractivity contribution in [1.82, 2.24) is 9.55 Å². The number of carboxylic acids is 1. The molecule has 0 aliphatic rings. The van der Waals surface area contributed by atoms with Gasteiger partial charge in [-0.2, -0.15) is 0 Å². The fourth-order valence-electron chi connectivity index (χ4n) is 2.02. The largest absolute Gasteiger partial charge is 0.480 e. The normalized spacial score (nSPS) is 12.9. The molecule has 1 unspecified atom stereocenters. The predicted molar refractivity (Wildman–Crippen MR) is 66.2 cm³/mol. The number of nitrogens with zero attached hydrogens (tertiary/aromatic N) is 2. The van der Waals surface area contributed by atoms with Gasteiger partial charge in [-0.15, -0.1) is 0 Å². The van der Waals surface area contributed by atoms with Gasteiger partial charge in [-0.3, -0.25) is 0 Å². The van der Waals surface area contributed by atoms with E-state index in [-0.39, 0.29) is 0 Å². The number of benzene rings is 1. The van der Waals surface area contributed by atoms with Gasteiger partial charge < -0.3 is 9.67 Å². The lowest BCUT2D eigenvalue weighted by molar-refractivity contribution is -0.140. The summed E-state index contributed by atoms with van der Waals surface area (Å²) in [6.07, 6.45) is 2.17. The Hall–Kier alpha value is -1.84. The molecule has 0 aliphatic carbocycles. The van der Waals surface area contributed by atoms with Crippen LogP contribution in [0.4, 0.5) is 0 Å². The third-order valence-corrected chi connectivity index (χ3v) is 3.20. The molecule has 0 aliphatic heterocycles. The standard InChI is InChI=1S/C13H16N2O2/c1-4-11(13(16)17)15-7-14-10-5-8(2)9(3)6-12(10)15/h5-7,11H,4H2,1-3H3,(H,16,17). The van der Waals surface area contributed by atoms with Gasteiger partial charge in [0.2, 0.25) is 0 Å². The van der Waals surface area contributed by atoms with Crippen LogP contribution >= 0.6 is 0 Å². The van der Waals surface area contributed by atoms with Gasteiger partial charge in [0.25, 0.3) is 0 Å². The molecule has 1 aromatic carbocycles. The number of aromatic nitrogens is 2. The third-order valence-electron chi connectivity index (χ3n) is 3.20. The molecule has 1 heterocycles. The van der Waals surface area contributed by atoms with Gasteiger partial charge in [-0.05, 0) is 43.5 Å². The van der Waals surface area contributed by atoms with Gasteiger partial charge in [-0.1, -0.05) is 6.92 Å². The van der Waals surface area contributed by atoms with Crippen molar-refractivity contribution in [3.8, 4) is 0 Å². The van der Waals surface area contributed by atoms with Gasteiger partial charge in [0.05, 0.1) is 17.4 Å². The summed E-state index contributed by atoms with van der Waals surface area (Å²) >= 11 is 0. The predicted octanol–water partition coefficient (Wildman–Crippen LogP) is 2.69. The molecule has 1 aromatic heterocycles. The fourth-order valence-corrected chi connectivity index (χ4v) is 2.02. The summed E-state index contributed by atoms with van der Waals surface area (Å²) in [6, 6.07) is 3.46. The van der Waals surface area contributed by atoms with Crippen molar-refractivity contribution in [3.63, 3.8) is 0 Å². The first kappa shape index (κ1) is 11.6. The zero-order chi connectivity index (χ0) is 12.6. The van der Waals surface area contributed by atoms with Crippen LogP contribution in [0.1, 0.15) is 30.5 Å². The first-order valence-corrected chi connectivity index (χ1v) is 5.71. The van der Waals surface area contributed by atoms with Crippen molar-refractivity contribution in [3.05, 3.63) is 29.6 Å².